The summed E-state index contributed by atoms with van der Waals surface area (Å²) < 4.78 is 3.38. The van der Waals surface area contributed by atoms with Gasteiger partial charge in [-0.25, -0.2) is 9.50 Å². The lowest BCUT2D eigenvalue weighted by atomic mass is 10.4. The van der Waals surface area contributed by atoms with Crippen LogP contribution in [0.15, 0.2) is 22.1 Å². The molecule has 8 nitrogen and oxygen atoms in total. The molecule has 0 atom stereocenters. The van der Waals surface area contributed by atoms with E-state index in [0.29, 0.717) is 17.9 Å². The van der Waals surface area contributed by atoms with Crippen LogP contribution < -0.4 is 10.9 Å². The van der Waals surface area contributed by atoms with Gasteiger partial charge in [0.1, 0.15) is 5.82 Å². The van der Waals surface area contributed by atoms with Crippen molar-refractivity contribution in [3.63, 3.8) is 0 Å². The molecule has 0 aromatic carbocycles. The number of thioether (sulfide) groups is 1. The Bertz CT molecular complexity index is 863. The maximum absolute atomic E-state index is 12.0. The summed E-state index contributed by atoms with van der Waals surface area (Å²) in [5.41, 5.74) is 2.16. The summed E-state index contributed by atoms with van der Waals surface area (Å²) in [5.74, 6) is 1.44. The minimum absolute atomic E-state index is 0.109. The zero-order chi connectivity index (χ0) is 15.7. The molecule has 0 radical (unpaired) electrons. The summed E-state index contributed by atoms with van der Waals surface area (Å²) in [5, 5.41) is 15.1. The van der Waals surface area contributed by atoms with Crippen LogP contribution in [-0.2, 0) is 19.3 Å². The number of aromatic nitrogens is 6. The average molecular weight is 319 g/mol. The quantitative estimate of drug-likeness (QED) is 0.664. The number of hydrogen-bond acceptors (Lipinski definition) is 6. The van der Waals surface area contributed by atoms with E-state index in [1.54, 1.807) is 6.07 Å². The first-order valence-electron chi connectivity index (χ1n) is 6.82. The number of aromatic amines is 1. The van der Waals surface area contributed by atoms with E-state index < -0.39 is 0 Å². The molecule has 0 spiro atoms. The predicted octanol–water partition coefficient (Wildman–Crippen LogP) is 0.471. The van der Waals surface area contributed by atoms with Crippen molar-refractivity contribution in [2.75, 3.05) is 7.05 Å². The van der Waals surface area contributed by atoms with Crippen molar-refractivity contribution in [1.82, 2.24) is 34.7 Å². The van der Waals surface area contributed by atoms with Gasteiger partial charge in [-0.05, 0) is 14.0 Å². The molecular weight excluding hydrogens is 302 g/mol. The maximum Gasteiger partial charge on any atom is 0.272 e. The Balaban J connectivity index is 1.80. The van der Waals surface area contributed by atoms with Crippen molar-refractivity contribution >= 4 is 17.4 Å². The second kappa shape index (κ2) is 5.93. The zero-order valence-corrected chi connectivity index (χ0v) is 13.4. The van der Waals surface area contributed by atoms with Crippen molar-refractivity contribution in [1.29, 1.82) is 0 Å². The van der Waals surface area contributed by atoms with Crippen LogP contribution in [0.25, 0.3) is 5.65 Å². The van der Waals surface area contributed by atoms with Crippen LogP contribution >= 0.6 is 11.8 Å². The SMILES string of the molecule is CNCc1nnc(SCc2cc(=O)n3[nH]c(C)cc3n2)n1C. The summed E-state index contributed by atoms with van der Waals surface area (Å²) >= 11 is 1.51. The molecule has 0 aliphatic heterocycles. The Labute approximate surface area is 131 Å². The Hall–Kier alpha value is -2.13. The lowest BCUT2D eigenvalue weighted by Gasteiger charge is -2.03. The summed E-state index contributed by atoms with van der Waals surface area (Å²) in [6.07, 6.45) is 0. The van der Waals surface area contributed by atoms with E-state index in [4.69, 9.17) is 0 Å². The fraction of sp³-hybridized carbons (Fsp3) is 0.385. The first kappa shape index (κ1) is 14.8. The van der Waals surface area contributed by atoms with E-state index in [1.165, 1.54) is 16.3 Å². The summed E-state index contributed by atoms with van der Waals surface area (Å²) in [4.78, 5) is 16.5. The molecule has 0 aliphatic rings. The number of nitrogens with zero attached hydrogens (tertiary/aromatic N) is 5. The zero-order valence-electron chi connectivity index (χ0n) is 12.6. The van der Waals surface area contributed by atoms with Crippen LogP contribution in [0.4, 0.5) is 0 Å². The van der Waals surface area contributed by atoms with Gasteiger partial charge >= 0.3 is 0 Å². The number of hydrogen-bond donors (Lipinski definition) is 2. The summed E-state index contributed by atoms with van der Waals surface area (Å²) in [6, 6.07) is 3.39. The highest BCUT2D eigenvalue weighted by molar-refractivity contribution is 7.98. The Morgan fingerprint density at radius 1 is 1.36 bits per heavy atom. The molecule has 0 bridgehead atoms. The number of nitrogens with one attached hydrogen (secondary N) is 2. The fourth-order valence-electron chi connectivity index (χ4n) is 2.16. The van der Waals surface area contributed by atoms with E-state index in [9.17, 15) is 4.79 Å². The molecule has 0 amide bonds. The highest BCUT2D eigenvalue weighted by atomic mass is 32.2. The van der Waals surface area contributed by atoms with E-state index in [2.05, 4.69) is 25.6 Å². The van der Waals surface area contributed by atoms with Crippen LogP contribution in [-0.4, -0.2) is 36.4 Å². The Kier molecular flexibility index (Phi) is 3.99. The topological polar surface area (TPSA) is 92.9 Å². The third kappa shape index (κ3) is 2.77. The van der Waals surface area contributed by atoms with Gasteiger partial charge < -0.3 is 9.88 Å². The van der Waals surface area contributed by atoms with Crippen molar-refractivity contribution in [2.45, 2.75) is 24.4 Å². The van der Waals surface area contributed by atoms with Crippen LogP contribution in [0.1, 0.15) is 17.2 Å². The van der Waals surface area contributed by atoms with Gasteiger partial charge in [0.2, 0.25) is 0 Å². The van der Waals surface area contributed by atoms with Gasteiger partial charge in [0.25, 0.3) is 5.56 Å². The molecule has 3 rings (SSSR count). The molecule has 0 unspecified atom stereocenters. The predicted molar refractivity (Wildman–Crippen MR) is 83.9 cm³/mol. The molecule has 3 aromatic rings. The third-order valence-electron chi connectivity index (χ3n) is 3.24. The Morgan fingerprint density at radius 3 is 2.95 bits per heavy atom. The fourth-order valence-corrected chi connectivity index (χ4v) is 2.98. The van der Waals surface area contributed by atoms with E-state index in [1.807, 2.05) is 31.7 Å². The number of H-pyrrole nitrogens is 1. The van der Waals surface area contributed by atoms with Gasteiger partial charge in [-0.3, -0.25) is 9.89 Å². The second-order valence-corrected chi connectivity index (χ2v) is 5.94. The molecule has 9 heteroatoms. The summed E-state index contributed by atoms with van der Waals surface area (Å²) in [6.45, 7) is 2.56. The molecule has 0 fully saturated rings. The average Bonchev–Trinajstić information content (AvgIpc) is 3.01. The minimum atomic E-state index is -0.109. The van der Waals surface area contributed by atoms with E-state index in [0.717, 1.165) is 22.4 Å². The maximum atomic E-state index is 12.0. The first-order chi connectivity index (χ1) is 10.6. The number of fused-ring (bicyclic) bond motifs is 1. The number of aryl methyl sites for hydroxylation is 1. The largest absolute Gasteiger partial charge is 0.313 e. The van der Waals surface area contributed by atoms with Crippen LogP contribution in [0, 0.1) is 6.92 Å². The van der Waals surface area contributed by atoms with Gasteiger partial charge in [-0.1, -0.05) is 11.8 Å². The smallest absolute Gasteiger partial charge is 0.272 e. The molecule has 0 aliphatic carbocycles. The third-order valence-corrected chi connectivity index (χ3v) is 4.29. The highest BCUT2D eigenvalue weighted by Gasteiger charge is 2.10. The number of rotatable bonds is 5. The van der Waals surface area contributed by atoms with Crippen molar-refractivity contribution in [3.8, 4) is 0 Å². The van der Waals surface area contributed by atoms with Gasteiger partial charge in [0, 0.05) is 30.6 Å². The first-order valence-corrected chi connectivity index (χ1v) is 7.81. The molecular formula is C13H17N7OS. The Morgan fingerprint density at radius 2 is 2.18 bits per heavy atom. The standard InChI is InChI=1S/C13H17N7OS/c1-8-4-10-15-9(5-12(21)20(10)18-8)7-22-13-17-16-11(6-14-2)19(13)3/h4-5,14,18H,6-7H2,1-3H3. The minimum Gasteiger partial charge on any atom is -0.313 e. The molecule has 0 saturated carbocycles. The highest BCUT2D eigenvalue weighted by Crippen LogP contribution is 2.19. The van der Waals surface area contributed by atoms with Crippen molar-refractivity contribution in [2.24, 2.45) is 7.05 Å². The van der Waals surface area contributed by atoms with Crippen molar-refractivity contribution < 1.29 is 0 Å². The summed E-state index contributed by atoms with van der Waals surface area (Å²) in [7, 11) is 3.79. The van der Waals surface area contributed by atoms with E-state index in [-0.39, 0.29) is 5.56 Å². The lowest BCUT2D eigenvalue weighted by molar-refractivity contribution is 0.682. The molecule has 3 heterocycles. The molecule has 0 saturated heterocycles. The molecule has 116 valence electrons. The molecule has 22 heavy (non-hydrogen) atoms. The van der Waals surface area contributed by atoms with Crippen LogP contribution in [0.3, 0.4) is 0 Å². The molecule has 3 aromatic heterocycles. The van der Waals surface area contributed by atoms with Gasteiger partial charge in [0.15, 0.2) is 10.8 Å². The van der Waals surface area contributed by atoms with Crippen LogP contribution in [0.5, 0.6) is 0 Å². The van der Waals surface area contributed by atoms with Crippen LogP contribution in [0.2, 0.25) is 0 Å². The van der Waals surface area contributed by atoms with Crippen molar-refractivity contribution in [3.05, 3.63) is 39.7 Å². The monoisotopic (exact) mass is 319 g/mol. The lowest BCUT2D eigenvalue weighted by Crippen LogP contribution is -2.15. The van der Waals surface area contributed by atoms with E-state index >= 15 is 0 Å². The second-order valence-electron chi connectivity index (χ2n) is 5.00. The molecule has 2 N–H and O–H groups in total. The normalized spacial score (nSPS) is 11.4. The van der Waals surface area contributed by atoms with Gasteiger partial charge in [-0.15, -0.1) is 10.2 Å². The van der Waals surface area contributed by atoms with Gasteiger partial charge in [-0.2, -0.15) is 0 Å². The van der Waals surface area contributed by atoms with Gasteiger partial charge in [0.05, 0.1) is 12.2 Å².